The SMILES string of the molecule is CCCC[C@@H](CCS(C)(=O)=O)C(C)(C)C. The molecule has 0 aromatic heterocycles. The van der Waals surface area contributed by atoms with Crippen LogP contribution in [0.2, 0.25) is 0 Å². The van der Waals surface area contributed by atoms with Crippen molar-refractivity contribution in [3.8, 4) is 0 Å². The van der Waals surface area contributed by atoms with Crippen LogP contribution in [0, 0.1) is 11.3 Å². The van der Waals surface area contributed by atoms with Gasteiger partial charge in [0.1, 0.15) is 9.84 Å². The van der Waals surface area contributed by atoms with Crippen molar-refractivity contribution in [1.82, 2.24) is 0 Å². The van der Waals surface area contributed by atoms with E-state index >= 15 is 0 Å². The Morgan fingerprint density at radius 2 is 1.67 bits per heavy atom. The van der Waals surface area contributed by atoms with Gasteiger partial charge < -0.3 is 0 Å². The van der Waals surface area contributed by atoms with Crippen LogP contribution in [-0.4, -0.2) is 20.4 Å². The number of unbranched alkanes of at least 4 members (excludes halogenated alkanes) is 1. The van der Waals surface area contributed by atoms with E-state index in [4.69, 9.17) is 0 Å². The standard InChI is InChI=1S/C12H26O2S/c1-6-7-8-11(12(2,3)4)9-10-15(5,13)14/h11H,6-10H2,1-5H3/t11-/m0/s1. The van der Waals surface area contributed by atoms with Crippen molar-refractivity contribution in [2.24, 2.45) is 11.3 Å². The summed E-state index contributed by atoms with van der Waals surface area (Å²) in [6.45, 7) is 8.79. The number of rotatable bonds is 6. The fourth-order valence-electron chi connectivity index (χ4n) is 1.82. The predicted octanol–water partition coefficient (Wildman–Crippen LogP) is 3.27. The van der Waals surface area contributed by atoms with Crippen LogP contribution in [0.3, 0.4) is 0 Å². The van der Waals surface area contributed by atoms with E-state index in [0.717, 1.165) is 12.8 Å². The molecular formula is C12H26O2S. The van der Waals surface area contributed by atoms with Crippen molar-refractivity contribution >= 4 is 9.84 Å². The zero-order valence-corrected chi connectivity index (χ0v) is 11.7. The summed E-state index contributed by atoms with van der Waals surface area (Å²) in [4.78, 5) is 0. The molecule has 0 rings (SSSR count). The summed E-state index contributed by atoms with van der Waals surface area (Å²) >= 11 is 0. The highest BCUT2D eigenvalue weighted by atomic mass is 32.2. The van der Waals surface area contributed by atoms with Crippen molar-refractivity contribution in [3.05, 3.63) is 0 Å². The molecule has 0 saturated carbocycles. The van der Waals surface area contributed by atoms with Gasteiger partial charge in [-0.05, 0) is 24.2 Å². The first-order valence-corrected chi connectivity index (χ1v) is 7.90. The highest BCUT2D eigenvalue weighted by molar-refractivity contribution is 7.90. The predicted molar refractivity (Wildman–Crippen MR) is 66.8 cm³/mol. The van der Waals surface area contributed by atoms with Crippen LogP contribution in [-0.2, 0) is 9.84 Å². The van der Waals surface area contributed by atoms with Crippen molar-refractivity contribution in [1.29, 1.82) is 0 Å². The Morgan fingerprint density at radius 3 is 2.00 bits per heavy atom. The van der Waals surface area contributed by atoms with Gasteiger partial charge in [0.2, 0.25) is 0 Å². The fraction of sp³-hybridized carbons (Fsp3) is 1.00. The van der Waals surface area contributed by atoms with Crippen molar-refractivity contribution < 1.29 is 8.42 Å². The second-order valence-corrected chi connectivity index (χ2v) is 7.88. The first kappa shape index (κ1) is 14.9. The Kier molecular flexibility index (Phi) is 5.86. The van der Waals surface area contributed by atoms with Crippen LogP contribution in [0.1, 0.15) is 53.4 Å². The average molecular weight is 234 g/mol. The zero-order chi connectivity index (χ0) is 12.1. The Bertz CT molecular complexity index is 260. The van der Waals surface area contributed by atoms with Crippen LogP contribution >= 0.6 is 0 Å². The Morgan fingerprint density at radius 1 is 1.13 bits per heavy atom. The summed E-state index contributed by atoms with van der Waals surface area (Å²) in [7, 11) is -2.80. The molecule has 0 radical (unpaired) electrons. The molecule has 0 saturated heterocycles. The first-order chi connectivity index (χ1) is 6.67. The number of hydrogen-bond donors (Lipinski definition) is 0. The van der Waals surface area contributed by atoms with Crippen LogP contribution in [0.25, 0.3) is 0 Å². The molecule has 0 aromatic carbocycles. The van der Waals surface area contributed by atoms with Gasteiger partial charge in [-0.25, -0.2) is 8.42 Å². The normalized spacial score (nSPS) is 15.3. The summed E-state index contributed by atoms with van der Waals surface area (Å²) in [6.07, 6.45) is 5.67. The smallest absolute Gasteiger partial charge is 0.147 e. The van der Waals surface area contributed by atoms with Crippen molar-refractivity contribution in [2.45, 2.75) is 53.4 Å². The van der Waals surface area contributed by atoms with Crippen molar-refractivity contribution in [3.63, 3.8) is 0 Å². The third-order valence-electron chi connectivity index (χ3n) is 2.97. The van der Waals surface area contributed by atoms with Crippen LogP contribution in [0.4, 0.5) is 0 Å². The van der Waals surface area contributed by atoms with E-state index in [9.17, 15) is 8.42 Å². The molecule has 0 aliphatic carbocycles. The highest BCUT2D eigenvalue weighted by Crippen LogP contribution is 2.33. The Hall–Kier alpha value is -0.0500. The number of hydrogen-bond acceptors (Lipinski definition) is 2. The van der Waals surface area contributed by atoms with E-state index in [2.05, 4.69) is 27.7 Å². The molecule has 15 heavy (non-hydrogen) atoms. The molecule has 0 amide bonds. The summed E-state index contributed by atoms with van der Waals surface area (Å²) < 4.78 is 22.3. The molecule has 0 fully saturated rings. The maximum Gasteiger partial charge on any atom is 0.147 e. The third-order valence-corrected chi connectivity index (χ3v) is 3.95. The van der Waals surface area contributed by atoms with Crippen LogP contribution < -0.4 is 0 Å². The van der Waals surface area contributed by atoms with E-state index < -0.39 is 9.84 Å². The molecule has 2 nitrogen and oxygen atoms in total. The molecule has 0 spiro atoms. The molecule has 92 valence electrons. The molecule has 3 heteroatoms. The van der Waals surface area contributed by atoms with E-state index in [1.54, 1.807) is 0 Å². The minimum atomic E-state index is -2.80. The first-order valence-electron chi connectivity index (χ1n) is 5.84. The molecule has 0 heterocycles. The lowest BCUT2D eigenvalue weighted by Gasteiger charge is -2.30. The summed E-state index contributed by atoms with van der Waals surface area (Å²) in [5.41, 5.74) is 0.222. The van der Waals surface area contributed by atoms with E-state index in [0.29, 0.717) is 11.7 Å². The maximum absolute atomic E-state index is 11.1. The molecule has 1 atom stereocenters. The molecule has 0 unspecified atom stereocenters. The molecule has 0 aromatic rings. The molecule has 0 aliphatic heterocycles. The van der Waals surface area contributed by atoms with Crippen LogP contribution in [0.5, 0.6) is 0 Å². The van der Waals surface area contributed by atoms with Gasteiger partial charge in [0.25, 0.3) is 0 Å². The lowest BCUT2D eigenvalue weighted by molar-refractivity contribution is 0.215. The van der Waals surface area contributed by atoms with Crippen molar-refractivity contribution in [2.75, 3.05) is 12.0 Å². The van der Waals surface area contributed by atoms with E-state index in [1.807, 2.05) is 0 Å². The van der Waals surface area contributed by atoms with E-state index in [1.165, 1.54) is 19.1 Å². The third kappa shape index (κ3) is 7.83. The van der Waals surface area contributed by atoms with Gasteiger partial charge in [0.15, 0.2) is 0 Å². The van der Waals surface area contributed by atoms with Gasteiger partial charge in [0, 0.05) is 6.26 Å². The van der Waals surface area contributed by atoms with Gasteiger partial charge in [0.05, 0.1) is 5.75 Å². The van der Waals surface area contributed by atoms with Gasteiger partial charge in [-0.1, -0.05) is 40.5 Å². The fourth-order valence-corrected chi connectivity index (χ4v) is 2.53. The second kappa shape index (κ2) is 5.88. The topological polar surface area (TPSA) is 34.1 Å². The van der Waals surface area contributed by atoms with Gasteiger partial charge in [-0.2, -0.15) is 0 Å². The van der Waals surface area contributed by atoms with Gasteiger partial charge >= 0.3 is 0 Å². The second-order valence-electron chi connectivity index (χ2n) is 5.62. The molecule has 0 aliphatic rings. The Labute approximate surface area is 95.4 Å². The summed E-state index contributed by atoms with van der Waals surface area (Å²) in [6, 6.07) is 0. The summed E-state index contributed by atoms with van der Waals surface area (Å²) in [5.74, 6) is 0.853. The molecular weight excluding hydrogens is 208 g/mol. The van der Waals surface area contributed by atoms with E-state index in [-0.39, 0.29) is 5.41 Å². The molecule has 0 bridgehead atoms. The largest absolute Gasteiger partial charge is 0.229 e. The minimum absolute atomic E-state index is 0.222. The lowest BCUT2D eigenvalue weighted by Crippen LogP contribution is -2.23. The monoisotopic (exact) mass is 234 g/mol. The molecule has 0 N–H and O–H groups in total. The maximum atomic E-state index is 11.1. The average Bonchev–Trinajstić information content (AvgIpc) is 1.99. The lowest BCUT2D eigenvalue weighted by atomic mass is 9.76. The van der Waals surface area contributed by atoms with Gasteiger partial charge in [-0.15, -0.1) is 0 Å². The zero-order valence-electron chi connectivity index (χ0n) is 10.8. The quantitative estimate of drug-likeness (QED) is 0.707. The Balaban J connectivity index is 4.26. The highest BCUT2D eigenvalue weighted by Gasteiger charge is 2.24. The summed E-state index contributed by atoms with van der Waals surface area (Å²) in [5, 5.41) is 0. The van der Waals surface area contributed by atoms with Gasteiger partial charge in [-0.3, -0.25) is 0 Å². The van der Waals surface area contributed by atoms with Crippen LogP contribution in [0.15, 0.2) is 0 Å². The number of sulfone groups is 1. The minimum Gasteiger partial charge on any atom is -0.229 e.